The molecular weight excluding hydrogens is 630 g/mol. The molecule has 3 aromatic heterocycles. The van der Waals surface area contributed by atoms with Crippen LogP contribution < -0.4 is 10.9 Å². The van der Waals surface area contributed by atoms with Crippen molar-refractivity contribution < 1.29 is 45.5 Å². The molecule has 0 saturated heterocycles. The van der Waals surface area contributed by atoms with Gasteiger partial charge in [-0.15, -0.1) is 0 Å². The molecule has 0 bridgehead atoms. The first-order chi connectivity index (χ1) is 21.4. The van der Waals surface area contributed by atoms with E-state index in [2.05, 4.69) is 25.3 Å². The number of hydrogen-bond donors (Lipinski definition) is 2. The monoisotopic (exact) mass is 660 g/mol. The highest BCUT2D eigenvalue weighted by atomic mass is 19.4. The molecule has 3 heterocycles. The third-order valence-electron chi connectivity index (χ3n) is 6.40. The number of carbonyl (C=O) groups is 3. The lowest BCUT2D eigenvalue weighted by molar-refractivity contribution is -0.283. The lowest BCUT2D eigenvalue weighted by Gasteiger charge is -2.22. The molecule has 46 heavy (non-hydrogen) atoms. The molecule has 3 rings (SSSR count). The number of H-pyrrole nitrogens is 1. The standard InChI is InChI=1S/C27H30F6N8O5/c1-39(2)20(42)10-6-5-9-17(46-25(45)40(3)4)23(43)36-15-8-7-11-41(24(15)44)13-19-37-21-16(34-14-35-22(21)38-19)12-18(26(28,29)30)27(31,32)33/h6-8,10-11,14,17-18H,5,9,12-13H2,1-4H3,(H,36,43)(H,34,35,37,38)/b10-6+. The summed E-state index contributed by atoms with van der Waals surface area (Å²) in [6.07, 6.45) is -9.86. The number of allylic oxidation sites excluding steroid dienone is 1. The molecule has 0 fully saturated rings. The van der Waals surface area contributed by atoms with Gasteiger partial charge in [0.25, 0.3) is 11.5 Å². The number of amides is 3. The average molecular weight is 661 g/mol. The lowest BCUT2D eigenvalue weighted by atomic mass is 10.0. The van der Waals surface area contributed by atoms with Crippen LogP contribution >= 0.6 is 0 Å². The molecule has 0 spiro atoms. The van der Waals surface area contributed by atoms with Gasteiger partial charge in [-0.05, 0) is 31.1 Å². The Balaban J connectivity index is 1.82. The minimum absolute atomic E-state index is 0.0322. The summed E-state index contributed by atoms with van der Waals surface area (Å²) in [4.78, 5) is 66.6. The largest absolute Gasteiger partial charge is 0.436 e. The second-order valence-electron chi connectivity index (χ2n) is 10.4. The molecular formula is C27H30F6N8O5. The molecule has 2 N–H and O–H groups in total. The molecule has 1 atom stereocenters. The third-order valence-corrected chi connectivity index (χ3v) is 6.40. The molecule has 0 saturated carbocycles. The van der Waals surface area contributed by atoms with Crippen molar-refractivity contribution in [2.45, 2.75) is 44.3 Å². The Morgan fingerprint density at radius 3 is 2.35 bits per heavy atom. The number of aromatic amines is 1. The quantitative estimate of drug-likeness (QED) is 0.235. The van der Waals surface area contributed by atoms with Crippen molar-refractivity contribution in [3.8, 4) is 0 Å². The lowest BCUT2D eigenvalue weighted by Crippen LogP contribution is -2.38. The van der Waals surface area contributed by atoms with E-state index in [0.29, 0.717) is 0 Å². The zero-order valence-electron chi connectivity index (χ0n) is 24.9. The highest BCUT2D eigenvalue weighted by Crippen LogP contribution is 2.41. The Labute approximate surface area is 257 Å². The van der Waals surface area contributed by atoms with Crippen molar-refractivity contribution in [1.29, 1.82) is 0 Å². The van der Waals surface area contributed by atoms with Crippen LogP contribution in [0.5, 0.6) is 0 Å². The Morgan fingerprint density at radius 2 is 1.74 bits per heavy atom. The van der Waals surface area contributed by atoms with Crippen molar-refractivity contribution in [1.82, 2.24) is 34.3 Å². The van der Waals surface area contributed by atoms with Crippen molar-refractivity contribution >= 4 is 34.8 Å². The first-order valence-corrected chi connectivity index (χ1v) is 13.5. The van der Waals surface area contributed by atoms with Gasteiger partial charge in [0.2, 0.25) is 5.91 Å². The summed E-state index contributed by atoms with van der Waals surface area (Å²) in [6.45, 7) is -0.343. The normalized spacial score (nSPS) is 12.8. The number of nitrogens with one attached hydrogen (secondary N) is 2. The second-order valence-corrected chi connectivity index (χ2v) is 10.4. The van der Waals surface area contributed by atoms with Crippen LogP contribution in [0.15, 0.2) is 41.6 Å². The summed E-state index contributed by atoms with van der Waals surface area (Å²) in [5.41, 5.74) is -2.04. The smallest absolute Gasteiger partial charge is 0.410 e. The maximum absolute atomic E-state index is 13.2. The molecule has 3 amide bonds. The maximum Gasteiger partial charge on any atom is 0.410 e. The number of halogens is 6. The van der Waals surface area contributed by atoms with E-state index in [9.17, 15) is 45.5 Å². The van der Waals surface area contributed by atoms with E-state index < -0.39 is 54.0 Å². The van der Waals surface area contributed by atoms with Crippen LogP contribution in [0.25, 0.3) is 11.2 Å². The summed E-state index contributed by atoms with van der Waals surface area (Å²) in [5.74, 6) is -4.86. The molecule has 250 valence electrons. The molecule has 3 aromatic rings. The van der Waals surface area contributed by atoms with Gasteiger partial charge in [-0.3, -0.25) is 14.4 Å². The van der Waals surface area contributed by atoms with Crippen LogP contribution in [-0.2, 0) is 27.3 Å². The Bertz CT molecular complexity index is 1630. The first kappa shape index (κ1) is 35.5. The number of pyridine rings is 1. The van der Waals surface area contributed by atoms with Crippen molar-refractivity contribution in [3.63, 3.8) is 0 Å². The number of carbonyl (C=O) groups excluding carboxylic acids is 3. The van der Waals surface area contributed by atoms with Gasteiger partial charge >= 0.3 is 18.4 Å². The Kier molecular flexibility index (Phi) is 11.1. The molecule has 0 aromatic carbocycles. The topological polar surface area (TPSA) is 155 Å². The van der Waals surface area contributed by atoms with Crippen LogP contribution in [0, 0.1) is 5.92 Å². The van der Waals surface area contributed by atoms with Gasteiger partial charge in [-0.25, -0.2) is 19.7 Å². The predicted octanol–water partition coefficient (Wildman–Crippen LogP) is 3.28. The van der Waals surface area contributed by atoms with Gasteiger partial charge < -0.3 is 29.4 Å². The maximum atomic E-state index is 13.2. The van der Waals surface area contributed by atoms with Gasteiger partial charge in [0, 0.05) is 40.8 Å². The third kappa shape index (κ3) is 9.27. The molecule has 0 aliphatic heterocycles. The fourth-order valence-electron chi connectivity index (χ4n) is 3.95. The van der Waals surface area contributed by atoms with Gasteiger partial charge in [0.15, 0.2) is 17.7 Å². The highest BCUT2D eigenvalue weighted by molar-refractivity contribution is 5.95. The van der Waals surface area contributed by atoms with Crippen LogP contribution in [0.1, 0.15) is 24.4 Å². The molecule has 0 radical (unpaired) electrons. The molecule has 13 nitrogen and oxygen atoms in total. The zero-order chi connectivity index (χ0) is 34.4. The van der Waals surface area contributed by atoms with E-state index in [4.69, 9.17) is 4.74 Å². The van der Waals surface area contributed by atoms with Gasteiger partial charge in [-0.1, -0.05) is 6.08 Å². The fourth-order valence-corrected chi connectivity index (χ4v) is 3.95. The predicted molar refractivity (Wildman–Crippen MR) is 150 cm³/mol. The summed E-state index contributed by atoms with van der Waals surface area (Å²) in [7, 11) is 5.92. The van der Waals surface area contributed by atoms with Crippen LogP contribution in [0.3, 0.4) is 0 Å². The number of alkyl halides is 6. The number of rotatable bonds is 11. The number of hydrogen-bond acceptors (Lipinski definition) is 8. The van der Waals surface area contributed by atoms with Crippen LogP contribution in [-0.4, -0.2) is 98.9 Å². The summed E-state index contributed by atoms with van der Waals surface area (Å²) in [5, 5.41) is 2.40. The van der Waals surface area contributed by atoms with Crippen LogP contribution in [0.2, 0.25) is 0 Å². The molecule has 0 aliphatic carbocycles. The number of anilines is 1. The molecule has 19 heteroatoms. The van der Waals surface area contributed by atoms with Gasteiger partial charge in [0.1, 0.15) is 23.4 Å². The molecule has 0 aliphatic rings. The van der Waals surface area contributed by atoms with E-state index >= 15 is 0 Å². The van der Waals surface area contributed by atoms with Crippen LogP contribution in [0.4, 0.5) is 36.8 Å². The van der Waals surface area contributed by atoms with E-state index in [1.807, 2.05) is 0 Å². The Hall–Kier alpha value is -4.97. The molecule has 1 unspecified atom stereocenters. The minimum Gasteiger partial charge on any atom is -0.436 e. The van der Waals surface area contributed by atoms with E-state index in [1.54, 1.807) is 14.1 Å². The number of imidazole rings is 1. The SMILES string of the molecule is CN(C)C(=O)/C=C/CCC(OC(=O)N(C)C)C(=O)Nc1cccn(Cc2nc3ncnc(CC(C(F)(F)F)C(F)(F)F)c3[nH]2)c1=O. The number of ether oxygens (including phenoxy) is 1. The summed E-state index contributed by atoms with van der Waals surface area (Å²) in [6, 6.07) is 2.66. The van der Waals surface area contributed by atoms with Crippen molar-refractivity contribution in [2.24, 2.45) is 5.92 Å². The Morgan fingerprint density at radius 1 is 1.07 bits per heavy atom. The van der Waals surface area contributed by atoms with Gasteiger partial charge in [-0.2, -0.15) is 26.3 Å². The second kappa shape index (κ2) is 14.4. The van der Waals surface area contributed by atoms with E-state index in [-0.39, 0.29) is 48.0 Å². The number of nitrogens with zero attached hydrogens (tertiary/aromatic N) is 6. The van der Waals surface area contributed by atoms with Gasteiger partial charge in [0.05, 0.1) is 12.2 Å². The minimum atomic E-state index is -5.58. The number of likely N-dealkylation sites (N-methyl/N-ethyl adjacent to an activating group) is 1. The number of aromatic nitrogens is 5. The van der Waals surface area contributed by atoms with Crippen molar-refractivity contribution in [2.75, 3.05) is 33.5 Å². The zero-order valence-corrected chi connectivity index (χ0v) is 24.9. The summed E-state index contributed by atoms with van der Waals surface area (Å²) >= 11 is 0. The van der Waals surface area contributed by atoms with Crippen molar-refractivity contribution in [3.05, 3.63) is 58.7 Å². The fraction of sp³-hybridized carbons (Fsp3) is 0.444. The number of fused-ring (bicyclic) bond motifs is 1. The summed E-state index contributed by atoms with van der Waals surface area (Å²) < 4.78 is 85.2. The highest BCUT2D eigenvalue weighted by Gasteiger charge is 2.56. The average Bonchev–Trinajstić information content (AvgIpc) is 3.37. The first-order valence-electron chi connectivity index (χ1n) is 13.5. The van der Waals surface area contributed by atoms with E-state index in [1.165, 1.54) is 49.5 Å². The van der Waals surface area contributed by atoms with E-state index in [0.717, 1.165) is 15.8 Å².